The molecule has 6 heteroatoms. The lowest BCUT2D eigenvalue weighted by Gasteiger charge is -2.07. The Labute approximate surface area is 120 Å². The van der Waals surface area contributed by atoms with Gasteiger partial charge in [-0.15, -0.1) is 11.8 Å². The summed E-state index contributed by atoms with van der Waals surface area (Å²) < 4.78 is 0. The maximum Gasteiger partial charge on any atom is 0.140 e. The zero-order valence-corrected chi connectivity index (χ0v) is 11.7. The molecule has 3 N–H and O–H groups in total. The molecule has 94 valence electrons. The van der Waals surface area contributed by atoms with Gasteiger partial charge >= 0.3 is 0 Å². The van der Waals surface area contributed by atoms with Crippen LogP contribution in [0.1, 0.15) is 5.69 Å². The van der Waals surface area contributed by atoms with E-state index in [0.29, 0.717) is 16.6 Å². The summed E-state index contributed by atoms with van der Waals surface area (Å²) in [4.78, 5) is 5.31. The lowest BCUT2D eigenvalue weighted by Crippen LogP contribution is -2.09. The molecule has 0 atom stereocenters. The number of nitrogens with two attached hydrogens (primary N) is 1. The molecule has 3 nitrogen and oxygen atoms in total. The van der Waals surface area contributed by atoms with Gasteiger partial charge in [-0.1, -0.05) is 35.3 Å². The summed E-state index contributed by atoms with van der Waals surface area (Å²) in [6.45, 7) is 0. The van der Waals surface area contributed by atoms with Crippen molar-refractivity contribution in [3.8, 4) is 0 Å². The van der Waals surface area contributed by atoms with Gasteiger partial charge in [-0.2, -0.15) is 0 Å². The maximum absolute atomic E-state index is 6.08. The average Bonchev–Trinajstić information content (AvgIpc) is 2.39. The van der Waals surface area contributed by atoms with E-state index in [2.05, 4.69) is 10.4 Å². The fraction of sp³-hybridized carbons (Fsp3) is 0.0833. The van der Waals surface area contributed by atoms with Crippen molar-refractivity contribution in [1.29, 1.82) is 0 Å². The number of thioether (sulfide) groups is 1. The van der Waals surface area contributed by atoms with E-state index in [0.717, 1.165) is 15.6 Å². The standard InChI is InChI=1S/C12H11Cl2N3S/c13-8-5-6-12(17-15)16-10(8)7-18-11-4-2-1-3-9(11)14/h1-6H,7,15H2,(H,16,17). The summed E-state index contributed by atoms with van der Waals surface area (Å²) in [6, 6.07) is 11.2. The van der Waals surface area contributed by atoms with Gasteiger partial charge in [0.2, 0.25) is 0 Å². The van der Waals surface area contributed by atoms with Crippen molar-refractivity contribution >= 4 is 40.8 Å². The molecule has 1 aromatic carbocycles. The van der Waals surface area contributed by atoms with Crippen LogP contribution in [0.4, 0.5) is 5.82 Å². The minimum absolute atomic E-state index is 0.592. The highest BCUT2D eigenvalue weighted by atomic mass is 35.5. The third-order valence-corrected chi connectivity index (χ3v) is 4.14. The molecular formula is C12H11Cl2N3S. The predicted molar refractivity (Wildman–Crippen MR) is 78.1 cm³/mol. The molecule has 2 aromatic rings. The van der Waals surface area contributed by atoms with Crippen LogP contribution < -0.4 is 11.3 Å². The van der Waals surface area contributed by atoms with E-state index in [1.165, 1.54) is 0 Å². The molecule has 0 radical (unpaired) electrons. The molecular weight excluding hydrogens is 289 g/mol. The third-order valence-electron chi connectivity index (χ3n) is 2.27. The molecule has 18 heavy (non-hydrogen) atoms. The Balaban J connectivity index is 2.13. The first-order chi connectivity index (χ1) is 8.70. The molecule has 0 aliphatic carbocycles. The van der Waals surface area contributed by atoms with Crippen LogP contribution in [0, 0.1) is 0 Å². The number of hydrazine groups is 1. The molecule has 0 bridgehead atoms. The summed E-state index contributed by atoms with van der Waals surface area (Å²) in [5, 5.41) is 1.35. The lowest BCUT2D eigenvalue weighted by atomic mass is 10.4. The van der Waals surface area contributed by atoms with Gasteiger partial charge in [0.1, 0.15) is 5.82 Å². The molecule has 1 aromatic heterocycles. The largest absolute Gasteiger partial charge is 0.308 e. The topological polar surface area (TPSA) is 50.9 Å². The number of benzene rings is 1. The molecule has 0 fully saturated rings. The Morgan fingerprint density at radius 1 is 1.11 bits per heavy atom. The van der Waals surface area contributed by atoms with Gasteiger partial charge in [0.05, 0.1) is 15.7 Å². The number of halogens is 2. The van der Waals surface area contributed by atoms with Crippen LogP contribution in [0.25, 0.3) is 0 Å². The Kier molecular flexibility index (Phi) is 4.72. The summed E-state index contributed by atoms with van der Waals surface area (Å²) >= 11 is 13.8. The van der Waals surface area contributed by atoms with Crippen molar-refractivity contribution in [2.45, 2.75) is 10.6 Å². The SMILES string of the molecule is NNc1ccc(Cl)c(CSc2ccccc2Cl)n1. The number of hydrogen-bond donors (Lipinski definition) is 2. The maximum atomic E-state index is 6.08. The highest BCUT2D eigenvalue weighted by Crippen LogP contribution is 2.31. The van der Waals surface area contributed by atoms with Crippen molar-refractivity contribution in [2.75, 3.05) is 5.43 Å². The van der Waals surface area contributed by atoms with Gasteiger partial charge in [0.15, 0.2) is 0 Å². The minimum atomic E-state index is 0.592. The predicted octanol–water partition coefficient (Wildman–Crippen LogP) is 3.97. The molecule has 0 aliphatic rings. The second-order valence-electron chi connectivity index (χ2n) is 3.49. The first-order valence-corrected chi connectivity index (χ1v) is 6.94. The van der Waals surface area contributed by atoms with Crippen LogP contribution in [0.2, 0.25) is 10.0 Å². The molecule has 0 aliphatic heterocycles. The molecule has 0 spiro atoms. The first-order valence-electron chi connectivity index (χ1n) is 5.20. The monoisotopic (exact) mass is 299 g/mol. The molecule has 2 rings (SSSR count). The van der Waals surface area contributed by atoms with E-state index < -0.39 is 0 Å². The van der Waals surface area contributed by atoms with E-state index in [1.54, 1.807) is 23.9 Å². The van der Waals surface area contributed by atoms with Gasteiger partial charge < -0.3 is 5.43 Å². The minimum Gasteiger partial charge on any atom is -0.308 e. The highest BCUT2D eigenvalue weighted by Gasteiger charge is 2.06. The van der Waals surface area contributed by atoms with Gasteiger partial charge in [0.25, 0.3) is 0 Å². The van der Waals surface area contributed by atoms with E-state index in [9.17, 15) is 0 Å². The molecule has 0 amide bonds. The van der Waals surface area contributed by atoms with Crippen LogP contribution in [-0.2, 0) is 5.75 Å². The van der Waals surface area contributed by atoms with Gasteiger partial charge in [0, 0.05) is 10.6 Å². The summed E-state index contributed by atoms with van der Waals surface area (Å²) in [7, 11) is 0. The fourth-order valence-electron chi connectivity index (χ4n) is 1.37. The average molecular weight is 300 g/mol. The number of hydrogen-bond acceptors (Lipinski definition) is 4. The molecule has 0 saturated carbocycles. The van der Waals surface area contributed by atoms with Crippen LogP contribution in [-0.4, -0.2) is 4.98 Å². The second-order valence-corrected chi connectivity index (χ2v) is 5.32. The number of pyridine rings is 1. The van der Waals surface area contributed by atoms with Crippen LogP contribution in [0.15, 0.2) is 41.3 Å². The van der Waals surface area contributed by atoms with E-state index in [-0.39, 0.29) is 0 Å². The normalized spacial score (nSPS) is 10.4. The number of aromatic nitrogens is 1. The van der Waals surface area contributed by atoms with Crippen molar-refractivity contribution < 1.29 is 0 Å². The highest BCUT2D eigenvalue weighted by molar-refractivity contribution is 7.98. The third kappa shape index (κ3) is 3.29. The Hall–Kier alpha value is -0.940. The Morgan fingerprint density at radius 2 is 1.89 bits per heavy atom. The van der Waals surface area contributed by atoms with Crippen LogP contribution in [0.3, 0.4) is 0 Å². The summed E-state index contributed by atoms with van der Waals surface area (Å²) in [5.41, 5.74) is 3.27. The number of anilines is 1. The van der Waals surface area contributed by atoms with Crippen molar-refractivity contribution in [1.82, 2.24) is 4.98 Å². The first kappa shape index (κ1) is 13.5. The lowest BCUT2D eigenvalue weighted by molar-refractivity contribution is 1.14. The molecule has 1 heterocycles. The zero-order chi connectivity index (χ0) is 13.0. The van der Waals surface area contributed by atoms with Crippen LogP contribution >= 0.6 is 35.0 Å². The number of rotatable bonds is 4. The quantitative estimate of drug-likeness (QED) is 0.510. The number of nitrogens with zero attached hydrogens (tertiary/aromatic N) is 1. The van der Waals surface area contributed by atoms with Crippen LogP contribution in [0.5, 0.6) is 0 Å². The van der Waals surface area contributed by atoms with E-state index in [1.807, 2.05) is 24.3 Å². The smallest absolute Gasteiger partial charge is 0.140 e. The van der Waals surface area contributed by atoms with Crippen molar-refractivity contribution in [3.63, 3.8) is 0 Å². The molecule has 0 unspecified atom stereocenters. The Bertz CT molecular complexity index is 549. The van der Waals surface area contributed by atoms with Crippen molar-refractivity contribution in [3.05, 3.63) is 52.1 Å². The van der Waals surface area contributed by atoms with Gasteiger partial charge in [-0.3, -0.25) is 0 Å². The second kappa shape index (κ2) is 6.29. The van der Waals surface area contributed by atoms with E-state index >= 15 is 0 Å². The fourth-order valence-corrected chi connectivity index (χ4v) is 2.82. The van der Waals surface area contributed by atoms with Crippen molar-refractivity contribution in [2.24, 2.45) is 5.84 Å². The van der Waals surface area contributed by atoms with Gasteiger partial charge in [-0.05, 0) is 24.3 Å². The molecule has 0 saturated heterocycles. The number of nitrogen functional groups attached to an aromatic ring is 1. The Morgan fingerprint density at radius 3 is 2.61 bits per heavy atom. The zero-order valence-electron chi connectivity index (χ0n) is 9.36. The van der Waals surface area contributed by atoms with Gasteiger partial charge in [-0.25, -0.2) is 10.8 Å². The summed E-state index contributed by atoms with van der Waals surface area (Å²) in [6.07, 6.45) is 0. The van der Waals surface area contributed by atoms with E-state index in [4.69, 9.17) is 29.0 Å². The number of nitrogens with one attached hydrogen (secondary N) is 1. The summed E-state index contributed by atoms with van der Waals surface area (Å²) in [5.74, 6) is 6.55.